The Labute approximate surface area is 106 Å². The predicted octanol–water partition coefficient (Wildman–Crippen LogP) is 3.86. The van der Waals surface area contributed by atoms with Crippen molar-refractivity contribution in [1.82, 2.24) is 0 Å². The lowest BCUT2D eigenvalue weighted by Crippen LogP contribution is -1.90. The minimum atomic E-state index is 0.766. The summed E-state index contributed by atoms with van der Waals surface area (Å²) in [6, 6.07) is 11.7. The molecule has 1 heterocycles. The number of ether oxygens (including phenoxy) is 2. The van der Waals surface area contributed by atoms with Gasteiger partial charge >= 0.3 is 0 Å². The molecular weight excluding hydrogens is 226 g/mol. The molecule has 0 N–H and O–H groups in total. The van der Waals surface area contributed by atoms with Gasteiger partial charge in [0.05, 0.1) is 7.11 Å². The van der Waals surface area contributed by atoms with Crippen LogP contribution in [0, 0.1) is 6.92 Å². The van der Waals surface area contributed by atoms with Crippen molar-refractivity contribution in [2.75, 3.05) is 7.11 Å². The number of hydrogen-bond acceptors (Lipinski definition) is 3. The number of fused-ring (bicyclic) bond motifs is 2. The van der Waals surface area contributed by atoms with Crippen LogP contribution in [-0.4, -0.2) is 13.3 Å². The summed E-state index contributed by atoms with van der Waals surface area (Å²) in [6.07, 6.45) is 1.82. The third-order valence-electron chi connectivity index (χ3n) is 2.90. The summed E-state index contributed by atoms with van der Waals surface area (Å²) in [6.45, 7) is 2.03. The molecule has 0 aromatic heterocycles. The van der Waals surface area contributed by atoms with E-state index in [0.717, 1.165) is 34.1 Å². The van der Waals surface area contributed by atoms with Crippen LogP contribution < -0.4 is 9.47 Å². The van der Waals surface area contributed by atoms with Crippen LogP contribution in [0.25, 0.3) is 0 Å². The van der Waals surface area contributed by atoms with Crippen molar-refractivity contribution >= 4 is 11.9 Å². The zero-order valence-electron chi connectivity index (χ0n) is 10.3. The highest BCUT2D eigenvalue weighted by molar-refractivity contribution is 5.88. The van der Waals surface area contributed by atoms with Crippen molar-refractivity contribution in [2.45, 2.75) is 6.92 Å². The fourth-order valence-electron chi connectivity index (χ4n) is 1.90. The van der Waals surface area contributed by atoms with Crippen LogP contribution in [0.4, 0.5) is 5.69 Å². The smallest absolute Gasteiger partial charge is 0.153 e. The van der Waals surface area contributed by atoms with Gasteiger partial charge in [0, 0.05) is 17.8 Å². The molecule has 90 valence electrons. The molecule has 0 amide bonds. The predicted molar refractivity (Wildman–Crippen MR) is 71.5 cm³/mol. The Morgan fingerprint density at radius 2 is 1.94 bits per heavy atom. The molecule has 0 fully saturated rings. The SMILES string of the molecule is COc1ccc2c(c1)Oc1cc(C)ccc1N=C2. The second-order valence-corrected chi connectivity index (χ2v) is 4.24. The van der Waals surface area contributed by atoms with Crippen LogP contribution in [0.2, 0.25) is 0 Å². The Morgan fingerprint density at radius 1 is 1.06 bits per heavy atom. The molecule has 2 aromatic carbocycles. The molecule has 0 atom stereocenters. The monoisotopic (exact) mass is 239 g/mol. The first-order chi connectivity index (χ1) is 8.76. The number of hydrogen-bond donors (Lipinski definition) is 0. The third kappa shape index (κ3) is 1.84. The van der Waals surface area contributed by atoms with E-state index in [-0.39, 0.29) is 0 Å². The summed E-state index contributed by atoms with van der Waals surface area (Å²) < 4.78 is 11.1. The first-order valence-corrected chi connectivity index (χ1v) is 5.77. The summed E-state index contributed by atoms with van der Waals surface area (Å²) in [5.74, 6) is 2.32. The Hall–Kier alpha value is -2.29. The molecule has 0 bridgehead atoms. The second-order valence-electron chi connectivity index (χ2n) is 4.24. The van der Waals surface area contributed by atoms with Crippen LogP contribution in [0.15, 0.2) is 41.4 Å². The van der Waals surface area contributed by atoms with Gasteiger partial charge in [0.25, 0.3) is 0 Å². The summed E-state index contributed by atoms with van der Waals surface area (Å²) in [5.41, 5.74) is 2.94. The van der Waals surface area contributed by atoms with E-state index in [1.165, 1.54) is 0 Å². The van der Waals surface area contributed by atoms with Crippen LogP contribution in [0.1, 0.15) is 11.1 Å². The number of benzene rings is 2. The maximum absolute atomic E-state index is 5.92. The van der Waals surface area contributed by atoms with E-state index in [1.807, 2.05) is 49.5 Å². The molecule has 0 radical (unpaired) electrons. The van der Waals surface area contributed by atoms with E-state index in [0.29, 0.717) is 0 Å². The first-order valence-electron chi connectivity index (χ1n) is 5.77. The zero-order chi connectivity index (χ0) is 12.5. The van der Waals surface area contributed by atoms with Crippen molar-refractivity contribution < 1.29 is 9.47 Å². The maximum Gasteiger partial charge on any atom is 0.153 e. The van der Waals surface area contributed by atoms with Gasteiger partial charge in [-0.1, -0.05) is 6.07 Å². The van der Waals surface area contributed by atoms with Gasteiger partial charge < -0.3 is 9.47 Å². The fraction of sp³-hybridized carbons (Fsp3) is 0.133. The van der Waals surface area contributed by atoms with Crippen molar-refractivity contribution in [1.29, 1.82) is 0 Å². The van der Waals surface area contributed by atoms with Crippen molar-refractivity contribution in [2.24, 2.45) is 4.99 Å². The van der Waals surface area contributed by atoms with E-state index in [2.05, 4.69) is 4.99 Å². The molecule has 0 aliphatic carbocycles. The highest BCUT2D eigenvalue weighted by atomic mass is 16.5. The van der Waals surface area contributed by atoms with Crippen molar-refractivity contribution in [3.05, 3.63) is 47.5 Å². The summed E-state index contributed by atoms with van der Waals surface area (Å²) in [4.78, 5) is 4.43. The molecule has 0 saturated heterocycles. The number of aryl methyl sites for hydroxylation is 1. The van der Waals surface area contributed by atoms with Crippen molar-refractivity contribution in [3.8, 4) is 17.2 Å². The van der Waals surface area contributed by atoms with Crippen LogP contribution >= 0.6 is 0 Å². The van der Waals surface area contributed by atoms with Gasteiger partial charge in [0.1, 0.15) is 17.2 Å². The quantitative estimate of drug-likeness (QED) is 0.645. The largest absolute Gasteiger partial charge is 0.497 e. The van der Waals surface area contributed by atoms with Crippen LogP contribution in [-0.2, 0) is 0 Å². The Balaban J connectivity index is 2.12. The Kier molecular flexibility index (Phi) is 2.52. The number of nitrogens with zero attached hydrogens (tertiary/aromatic N) is 1. The first kappa shape index (κ1) is 10.8. The Morgan fingerprint density at radius 3 is 2.78 bits per heavy atom. The van der Waals surface area contributed by atoms with Gasteiger partial charge in [-0.25, -0.2) is 0 Å². The van der Waals surface area contributed by atoms with Gasteiger partial charge in [0.15, 0.2) is 5.75 Å². The van der Waals surface area contributed by atoms with Gasteiger partial charge in [-0.2, -0.15) is 0 Å². The molecule has 0 saturated carbocycles. The van der Waals surface area contributed by atoms with Gasteiger partial charge in [-0.05, 0) is 36.8 Å². The molecule has 2 aromatic rings. The summed E-state index contributed by atoms with van der Waals surface area (Å²) in [7, 11) is 1.64. The molecule has 0 spiro atoms. The third-order valence-corrected chi connectivity index (χ3v) is 2.90. The van der Waals surface area contributed by atoms with E-state index in [4.69, 9.17) is 9.47 Å². The second kappa shape index (κ2) is 4.18. The number of rotatable bonds is 1. The molecule has 18 heavy (non-hydrogen) atoms. The Bertz CT molecular complexity index is 632. The topological polar surface area (TPSA) is 30.8 Å². The minimum absolute atomic E-state index is 0.766. The lowest BCUT2D eigenvalue weighted by atomic mass is 10.2. The lowest BCUT2D eigenvalue weighted by molar-refractivity contribution is 0.409. The fourth-order valence-corrected chi connectivity index (χ4v) is 1.90. The van der Waals surface area contributed by atoms with E-state index in [9.17, 15) is 0 Å². The van der Waals surface area contributed by atoms with Crippen molar-refractivity contribution in [3.63, 3.8) is 0 Å². The minimum Gasteiger partial charge on any atom is -0.497 e. The summed E-state index contributed by atoms with van der Waals surface area (Å²) >= 11 is 0. The molecular formula is C15H13NO2. The number of methoxy groups -OCH3 is 1. The maximum atomic E-state index is 5.92. The summed E-state index contributed by atoms with van der Waals surface area (Å²) in [5, 5.41) is 0. The van der Waals surface area contributed by atoms with Crippen LogP contribution in [0.3, 0.4) is 0 Å². The highest BCUT2D eigenvalue weighted by Crippen LogP contribution is 2.37. The number of aliphatic imine (C=N–C) groups is 1. The molecule has 3 nitrogen and oxygen atoms in total. The standard InChI is InChI=1S/C15H13NO2/c1-10-3-6-13-15(7-10)18-14-8-12(17-2)5-4-11(14)9-16-13/h3-9H,1-2H3. The van der Waals surface area contributed by atoms with E-state index < -0.39 is 0 Å². The average molecular weight is 239 g/mol. The van der Waals surface area contributed by atoms with E-state index in [1.54, 1.807) is 7.11 Å². The van der Waals surface area contributed by atoms with Gasteiger partial charge in [-0.15, -0.1) is 0 Å². The molecule has 3 heteroatoms. The van der Waals surface area contributed by atoms with E-state index >= 15 is 0 Å². The molecule has 3 rings (SSSR count). The van der Waals surface area contributed by atoms with Gasteiger partial charge in [-0.3, -0.25) is 4.99 Å². The average Bonchev–Trinajstić information content (AvgIpc) is 2.56. The lowest BCUT2D eigenvalue weighted by Gasteiger charge is -2.09. The normalized spacial score (nSPS) is 12.1. The molecule has 1 aliphatic heterocycles. The molecule has 1 aliphatic rings. The van der Waals surface area contributed by atoms with Crippen LogP contribution in [0.5, 0.6) is 17.2 Å². The highest BCUT2D eigenvalue weighted by Gasteiger charge is 2.12. The zero-order valence-corrected chi connectivity index (χ0v) is 10.3. The molecule has 0 unspecified atom stereocenters. The van der Waals surface area contributed by atoms with Gasteiger partial charge in [0.2, 0.25) is 0 Å².